The van der Waals surface area contributed by atoms with E-state index >= 15 is 0 Å². The van der Waals surface area contributed by atoms with Crippen LogP contribution in [0.4, 0.5) is 4.79 Å². The van der Waals surface area contributed by atoms with Crippen LogP contribution in [0.2, 0.25) is 0 Å². The van der Waals surface area contributed by atoms with Gasteiger partial charge in [-0.05, 0) is 27.7 Å². The van der Waals surface area contributed by atoms with Gasteiger partial charge in [0.1, 0.15) is 6.29 Å². The molecular weight excluding hydrogens is 158 g/mol. The van der Waals surface area contributed by atoms with Gasteiger partial charge in [-0.1, -0.05) is 0 Å². The smallest absolute Gasteiger partial charge is 0.408 e. The van der Waals surface area contributed by atoms with Gasteiger partial charge >= 0.3 is 6.09 Å². The van der Waals surface area contributed by atoms with Crippen LogP contribution in [-0.4, -0.2) is 34.0 Å². The molecule has 4 nitrogen and oxygen atoms in total. The van der Waals surface area contributed by atoms with E-state index in [1.54, 1.807) is 27.7 Å². The fraction of sp³-hybridized carbons (Fsp3) is 0.750. The van der Waals surface area contributed by atoms with Crippen LogP contribution in [0.3, 0.4) is 0 Å². The van der Waals surface area contributed by atoms with E-state index in [4.69, 9.17) is 5.11 Å². The average molecular weight is 173 g/mol. The normalized spacial score (nSPS) is 13.7. The van der Waals surface area contributed by atoms with Crippen molar-refractivity contribution in [3.8, 4) is 0 Å². The van der Waals surface area contributed by atoms with Crippen molar-refractivity contribution >= 4 is 12.4 Å². The third-order valence-electron chi connectivity index (χ3n) is 1.53. The maximum atomic E-state index is 10.7. The molecule has 1 N–H and O–H groups in total. The molecule has 0 radical (unpaired) electrons. The monoisotopic (exact) mass is 173 g/mol. The van der Waals surface area contributed by atoms with Crippen molar-refractivity contribution in [2.24, 2.45) is 0 Å². The Hall–Kier alpha value is -1.06. The Labute approximate surface area is 72.2 Å². The molecule has 0 unspecified atom stereocenters. The summed E-state index contributed by atoms with van der Waals surface area (Å²) in [7, 11) is 0. The van der Waals surface area contributed by atoms with Crippen LogP contribution in [0.15, 0.2) is 0 Å². The van der Waals surface area contributed by atoms with Gasteiger partial charge in [-0.2, -0.15) is 0 Å². The van der Waals surface area contributed by atoms with Crippen molar-refractivity contribution in [1.29, 1.82) is 0 Å². The van der Waals surface area contributed by atoms with Crippen LogP contribution < -0.4 is 0 Å². The van der Waals surface area contributed by atoms with E-state index in [2.05, 4.69) is 0 Å². The highest BCUT2D eigenvalue weighted by Gasteiger charge is 2.30. The van der Waals surface area contributed by atoms with E-state index in [0.717, 1.165) is 4.90 Å². The van der Waals surface area contributed by atoms with E-state index < -0.39 is 17.7 Å². The van der Waals surface area contributed by atoms with Gasteiger partial charge in [-0.15, -0.1) is 0 Å². The maximum absolute atomic E-state index is 10.7. The zero-order chi connectivity index (χ0) is 9.94. The molecule has 0 saturated carbocycles. The quantitative estimate of drug-likeness (QED) is 0.641. The Morgan fingerprint density at radius 1 is 1.50 bits per heavy atom. The number of hydrogen-bond donors (Lipinski definition) is 1. The van der Waals surface area contributed by atoms with Gasteiger partial charge in [0.05, 0.1) is 6.04 Å². The van der Waals surface area contributed by atoms with Gasteiger partial charge < -0.3 is 9.90 Å². The summed E-state index contributed by atoms with van der Waals surface area (Å²) in [5.41, 5.74) is -0.536. The van der Waals surface area contributed by atoms with Gasteiger partial charge in [0, 0.05) is 5.54 Å². The number of nitrogens with zero attached hydrogens (tertiary/aromatic N) is 1. The molecule has 0 saturated heterocycles. The van der Waals surface area contributed by atoms with Crippen LogP contribution in [0, 0.1) is 0 Å². The Morgan fingerprint density at radius 3 is 2.00 bits per heavy atom. The molecule has 0 aromatic heterocycles. The highest BCUT2D eigenvalue weighted by Crippen LogP contribution is 2.15. The van der Waals surface area contributed by atoms with Gasteiger partial charge in [-0.25, -0.2) is 4.79 Å². The molecule has 70 valence electrons. The summed E-state index contributed by atoms with van der Waals surface area (Å²) in [6, 6.07) is -0.595. The summed E-state index contributed by atoms with van der Waals surface area (Å²) in [4.78, 5) is 22.2. The molecule has 0 aromatic rings. The average Bonchev–Trinajstić information content (AvgIpc) is 1.83. The summed E-state index contributed by atoms with van der Waals surface area (Å²) in [5, 5.41) is 8.78. The first-order chi connectivity index (χ1) is 5.30. The summed E-state index contributed by atoms with van der Waals surface area (Å²) in [6.07, 6.45) is -0.443. The predicted octanol–water partition coefficient (Wildman–Crippen LogP) is 1.35. The van der Waals surface area contributed by atoms with Gasteiger partial charge in [0.15, 0.2) is 0 Å². The second-order valence-corrected chi connectivity index (χ2v) is 3.70. The molecule has 0 bridgehead atoms. The van der Waals surface area contributed by atoms with Gasteiger partial charge in [0.2, 0.25) is 0 Å². The Balaban J connectivity index is 4.67. The van der Waals surface area contributed by atoms with Gasteiger partial charge in [0.25, 0.3) is 0 Å². The minimum atomic E-state index is -1.07. The van der Waals surface area contributed by atoms with Crippen molar-refractivity contribution in [1.82, 2.24) is 4.90 Å². The summed E-state index contributed by atoms with van der Waals surface area (Å²) >= 11 is 0. The molecule has 4 heteroatoms. The molecule has 0 aliphatic carbocycles. The van der Waals surface area contributed by atoms with E-state index in [1.807, 2.05) is 0 Å². The number of carbonyl (C=O) groups excluding carboxylic acids is 1. The van der Waals surface area contributed by atoms with E-state index in [9.17, 15) is 9.59 Å². The lowest BCUT2D eigenvalue weighted by molar-refractivity contribution is -0.112. The SMILES string of the molecule is C[C@H](C=O)N(C(=O)O)C(C)(C)C. The minimum Gasteiger partial charge on any atom is -0.465 e. The first-order valence-corrected chi connectivity index (χ1v) is 3.78. The first-order valence-electron chi connectivity index (χ1n) is 3.78. The molecule has 0 heterocycles. The van der Waals surface area contributed by atoms with Gasteiger partial charge in [-0.3, -0.25) is 4.90 Å². The van der Waals surface area contributed by atoms with Crippen molar-refractivity contribution in [2.45, 2.75) is 39.3 Å². The molecular formula is C8H15NO3. The molecule has 0 aromatic carbocycles. The first kappa shape index (κ1) is 10.9. The molecule has 0 aliphatic heterocycles. The fourth-order valence-electron chi connectivity index (χ4n) is 1.13. The molecule has 0 spiro atoms. The summed E-state index contributed by atoms with van der Waals surface area (Å²) in [6.45, 7) is 6.82. The van der Waals surface area contributed by atoms with Crippen LogP contribution in [0.5, 0.6) is 0 Å². The number of carboxylic acid groups (broad SMARTS) is 1. The Bertz CT molecular complexity index is 183. The van der Waals surface area contributed by atoms with Crippen molar-refractivity contribution in [3.05, 3.63) is 0 Å². The van der Waals surface area contributed by atoms with E-state index in [-0.39, 0.29) is 0 Å². The standard InChI is InChI=1S/C8H15NO3/c1-6(5-10)9(7(11)12)8(2,3)4/h5-6H,1-4H3,(H,11,12)/t6-/m1/s1. The zero-order valence-electron chi connectivity index (χ0n) is 7.87. The predicted molar refractivity (Wildman–Crippen MR) is 45.1 cm³/mol. The van der Waals surface area contributed by atoms with E-state index in [1.165, 1.54) is 0 Å². The highest BCUT2D eigenvalue weighted by molar-refractivity contribution is 5.72. The number of aldehydes is 1. The zero-order valence-corrected chi connectivity index (χ0v) is 7.87. The third kappa shape index (κ3) is 2.53. The lowest BCUT2D eigenvalue weighted by Crippen LogP contribution is -2.50. The minimum absolute atomic E-state index is 0.536. The molecule has 0 aliphatic rings. The van der Waals surface area contributed by atoms with Crippen LogP contribution in [0.25, 0.3) is 0 Å². The number of amides is 1. The Morgan fingerprint density at radius 2 is 1.92 bits per heavy atom. The number of rotatable bonds is 2. The summed E-state index contributed by atoms with van der Waals surface area (Å²) < 4.78 is 0. The third-order valence-corrected chi connectivity index (χ3v) is 1.53. The second kappa shape index (κ2) is 3.56. The Kier molecular flexibility index (Phi) is 3.24. The summed E-state index contributed by atoms with van der Waals surface area (Å²) in [5.74, 6) is 0. The lowest BCUT2D eigenvalue weighted by atomic mass is 10.0. The highest BCUT2D eigenvalue weighted by atomic mass is 16.4. The second-order valence-electron chi connectivity index (χ2n) is 3.70. The van der Waals surface area contributed by atoms with E-state index in [0.29, 0.717) is 6.29 Å². The van der Waals surface area contributed by atoms with Crippen molar-refractivity contribution in [2.75, 3.05) is 0 Å². The van der Waals surface area contributed by atoms with Crippen LogP contribution >= 0.6 is 0 Å². The van der Waals surface area contributed by atoms with Crippen LogP contribution in [-0.2, 0) is 4.79 Å². The van der Waals surface area contributed by atoms with Crippen molar-refractivity contribution < 1.29 is 14.7 Å². The molecule has 1 atom stereocenters. The van der Waals surface area contributed by atoms with Crippen LogP contribution in [0.1, 0.15) is 27.7 Å². The molecule has 0 rings (SSSR count). The van der Waals surface area contributed by atoms with Crippen molar-refractivity contribution in [3.63, 3.8) is 0 Å². The number of carbonyl (C=O) groups is 2. The molecule has 12 heavy (non-hydrogen) atoms. The largest absolute Gasteiger partial charge is 0.465 e. The molecule has 0 fully saturated rings. The maximum Gasteiger partial charge on any atom is 0.408 e. The topological polar surface area (TPSA) is 57.6 Å². The lowest BCUT2D eigenvalue weighted by Gasteiger charge is -2.35. The fourth-order valence-corrected chi connectivity index (χ4v) is 1.13. The molecule has 1 amide bonds. The number of hydrogen-bond acceptors (Lipinski definition) is 2.